The van der Waals surface area contributed by atoms with Crippen molar-refractivity contribution in [3.63, 3.8) is 0 Å². The molecule has 3 rings (SSSR count). The molecule has 0 fully saturated rings. The van der Waals surface area contributed by atoms with E-state index in [4.69, 9.17) is 4.52 Å². The van der Waals surface area contributed by atoms with E-state index in [2.05, 4.69) is 20.9 Å². The van der Waals surface area contributed by atoms with Crippen molar-refractivity contribution < 1.29 is 9.32 Å². The minimum Gasteiger partial charge on any atom is -0.359 e. The van der Waals surface area contributed by atoms with Gasteiger partial charge in [0.25, 0.3) is 0 Å². The highest BCUT2D eigenvalue weighted by Crippen LogP contribution is 2.19. The molecule has 2 amide bonds. The number of anilines is 1. The molecule has 3 aromatic rings. The molecule has 7 nitrogen and oxygen atoms in total. The van der Waals surface area contributed by atoms with Crippen LogP contribution >= 0.6 is 0 Å². The molecule has 7 heteroatoms. The lowest BCUT2D eigenvalue weighted by molar-refractivity contribution is 0.249. The lowest BCUT2D eigenvalue weighted by Crippen LogP contribution is -2.31. The van der Waals surface area contributed by atoms with Crippen LogP contribution in [-0.2, 0) is 0 Å². The van der Waals surface area contributed by atoms with Gasteiger partial charge in [0.05, 0.1) is 11.7 Å². The van der Waals surface area contributed by atoms with E-state index in [1.165, 1.54) is 0 Å². The quantitative estimate of drug-likeness (QED) is 0.770. The number of urea groups is 1. The van der Waals surface area contributed by atoms with Crippen molar-refractivity contribution in [3.05, 3.63) is 59.7 Å². The molecular formula is C17H19N5O2. The van der Waals surface area contributed by atoms with Gasteiger partial charge in [0.2, 0.25) is 0 Å². The summed E-state index contributed by atoms with van der Waals surface area (Å²) in [7, 11) is 0. The Morgan fingerprint density at radius 3 is 2.58 bits per heavy atom. The highest BCUT2D eigenvalue weighted by molar-refractivity contribution is 5.90. The number of carbonyl (C=O) groups is 1. The van der Waals surface area contributed by atoms with E-state index >= 15 is 0 Å². The highest BCUT2D eigenvalue weighted by atomic mass is 16.5. The van der Waals surface area contributed by atoms with Gasteiger partial charge in [-0.1, -0.05) is 17.3 Å². The van der Waals surface area contributed by atoms with Crippen molar-refractivity contribution in [2.24, 2.45) is 0 Å². The summed E-state index contributed by atoms with van der Waals surface area (Å²) in [5, 5.41) is 13.7. The Kier molecular flexibility index (Phi) is 4.33. The van der Waals surface area contributed by atoms with Crippen LogP contribution in [0.1, 0.15) is 30.0 Å². The molecule has 2 aromatic heterocycles. The maximum absolute atomic E-state index is 12.1. The van der Waals surface area contributed by atoms with Crippen molar-refractivity contribution >= 4 is 11.7 Å². The van der Waals surface area contributed by atoms with Crippen molar-refractivity contribution in [1.29, 1.82) is 0 Å². The number of nitrogens with one attached hydrogen (secondary N) is 2. The Bertz CT molecular complexity index is 802. The zero-order valence-electron chi connectivity index (χ0n) is 13.8. The molecule has 0 aliphatic rings. The second-order valence-corrected chi connectivity index (χ2v) is 5.56. The van der Waals surface area contributed by atoms with E-state index < -0.39 is 0 Å². The van der Waals surface area contributed by atoms with Crippen LogP contribution in [0, 0.1) is 13.8 Å². The molecule has 1 atom stereocenters. The second kappa shape index (κ2) is 6.57. The Balaban J connectivity index is 1.64. The van der Waals surface area contributed by atoms with Crippen LogP contribution in [0.2, 0.25) is 0 Å². The molecule has 124 valence electrons. The third-order valence-electron chi connectivity index (χ3n) is 3.78. The minimum absolute atomic E-state index is 0.142. The molecule has 0 spiro atoms. The normalized spacial score (nSPS) is 12.0. The molecule has 2 N–H and O–H groups in total. The van der Waals surface area contributed by atoms with Crippen LogP contribution in [0.25, 0.3) is 5.69 Å². The third-order valence-corrected chi connectivity index (χ3v) is 3.78. The van der Waals surface area contributed by atoms with E-state index in [9.17, 15) is 4.79 Å². The Hall–Kier alpha value is -3.09. The molecule has 2 heterocycles. The number of benzene rings is 1. The van der Waals surface area contributed by atoms with Gasteiger partial charge in [-0.3, -0.25) is 0 Å². The fraction of sp³-hybridized carbons (Fsp3) is 0.235. The Morgan fingerprint density at radius 2 is 2.00 bits per heavy atom. The van der Waals surface area contributed by atoms with Crippen LogP contribution < -0.4 is 10.6 Å². The predicted octanol–water partition coefficient (Wildman–Crippen LogP) is 3.36. The second-order valence-electron chi connectivity index (χ2n) is 5.56. The molecule has 0 bridgehead atoms. The maximum Gasteiger partial charge on any atom is 0.319 e. The maximum atomic E-state index is 12.1. The monoisotopic (exact) mass is 325 g/mol. The van der Waals surface area contributed by atoms with Gasteiger partial charge in [0.1, 0.15) is 11.4 Å². The van der Waals surface area contributed by atoms with Crippen LogP contribution in [0.15, 0.2) is 47.2 Å². The van der Waals surface area contributed by atoms with Crippen molar-refractivity contribution in [1.82, 2.24) is 20.3 Å². The van der Waals surface area contributed by atoms with Crippen molar-refractivity contribution in [2.45, 2.75) is 26.8 Å². The summed E-state index contributed by atoms with van der Waals surface area (Å²) in [6.07, 6.45) is 3.62. The third kappa shape index (κ3) is 3.29. The number of nitrogens with zero attached hydrogens (tertiary/aromatic N) is 3. The first kappa shape index (κ1) is 15.8. The molecule has 0 saturated carbocycles. The lowest BCUT2D eigenvalue weighted by atomic mass is 10.1. The number of rotatable bonds is 4. The van der Waals surface area contributed by atoms with E-state index in [0.29, 0.717) is 17.1 Å². The molecule has 0 unspecified atom stereocenters. The SMILES string of the molecule is Cc1noc(C)c1NC(=O)N[C@H](C)c1ccc(-n2cccn2)cc1. The molecule has 1 aromatic carbocycles. The predicted molar refractivity (Wildman–Crippen MR) is 90.1 cm³/mol. The van der Waals surface area contributed by atoms with Crippen molar-refractivity contribution in [2.75, 3.05) is 5.32 Å². The summed E-state index contributed by atoms with van der Waals surface area (Å²) in [5.74, 6) is 0.582. The first-order valence-electron chi connectivity index (χ1n) is 7.65. The summed E-state index contributed by atoms with van der Waals surface area (Å²) in [6, 6.07) is 9.30. The zero-order chi connectivity index (χ0) is 17.1. The van der Waals surface area contributed by atoms with Crippen LogP contribution in [0.3, 0.4) is 0 Å². The van der Waals surface area contributed by atoms with Gasteiger partial charge in [-0.25, -0.2) is 9.48 Å². The highest BCUT2D eigenvalue weighted by Gasteiger charge is 2.14. The summed E-state index contributed by atoms with van der Waals surface area (Å²) in [6.45, 7) is 5.46. The van der Waals surface area contributed by atoms with Crippen LogP contribution in [-0.4, -0.2) is 21.0 Å². The van der Waals surface area contributed by atoms with E-state index in [1.807, 2.05) is 43.5 Å². The van der Waals surface area contributed by atoms with Crippen LogP contribution in [0.5, 0.6) is 0 Å². The fourth-order valence-electron chi connectivity index (χ4n) is 2.43. The minimum atomic E-state index is -0.298. The van der Waals surface area contributed by atoms with Crippen molar-refractivity contribution in [3.8, 4) is 5.69 Å². The number of carbonyl (C=O) groups excluding carboxylic acids is 1. The summed E-state index contributed by atoms with van der Waals surface area (Å²) in [5.41, 5.74) is 3.23. The van der Waals surface area contributed by atoms with E-state index in [1.54, 1.807) is 24.7 Å². The molecule has 0 aliphatic carbocycles. The molecular weight excluding hydrogens is 306 g/mol. The van der Waals surface area contributed by atoms with Gasteiger partial charge < -0.3 is 15.2 Å². The Labute approximate surface area is 139 Å². The van der Waals surface area contributed by atoms with Gasteiger partial charge in [0.15, 0.2) is 5.76 Å². The molecule has 0 radical (unpaired) electrons. The first-order chi connectivity index (χ1) is 11.5. The number of aryl methyl sites for hydroxylation is 2. The number of hydrogen-bond acceptors (Lipinski definition) is 4. The molecule has 24 heavy (non-hydrogen) atoms. The average Bonchev–Trinajstić information content (AvgIpc) is 3.21. The van der Waals surface area contributed by atoms with E-state index in [0.717, 1.165) is 11.3 Å². The van der Waals surface area contributed by atoms with Gasteiger partial charge in [0, 0.05) is 12.4 Å². The summed E-state index contributed by atoms with van der Waals surface area (Å²) < 4.78 is 6.82. The smallest absolute Gasteiger partial charge is 0.319 e. The lowest BCUT2D eigenvalue weighted by Gasteiger charge is -2.15. The van der Waals surface area contributed by atoms with Gasteiger partial charge in [-0.15, -0.1) is 0 Å². The molecule has 0 saturated heterocycles. The summed E-state index contributed by atoms with van der Waals surface area (Å²) >= 11 is 0. The number of amides is 2. The van der Waals surface area contributed by atoms with Gasteiger partial charge in [-0.2, -0.15) is 5.10 Å². The van der Waals surface area contributed by atoms with Gasteiger partial charge in [-0.05, 0) is 44.5 Å². The molecule has 0 aliphatic heterocycles. The largest absolute Gasteiger partial charge is 0.359 e. The van der Waals surface area contributed by atoms with Gasteiger partial charge >= 0.3 is 6.03 Å². The first-order valence-corrected chi connectivity index (χ1v) is 7.65. The van der Waals surface area contributed by atoms with E-state index in [-0.39, 0.29) is 12.1 Å². The standard InChI is InChI=1S/C17H19N5O2/c1-11(19-17(23)20-16-12(2)21-24-13(16)3)14-5-7-15(8-6-14)22-10-4-9-18-22/h4-11H,1-3H3,(H2,19,20,23)/t11-/m1/s1. The number of aromatic nitrogens is 3. The average molecular weight is 325 g/mol. The summed E-state index contributed by atoms with van der Waals surface area (Å²) in [4.78, 5) is 12.1. The topological polar surface area (TPSA) is 85.0 Å². The zero-order valence-corrected chi connectivity index (χ0v) is 13.8. The number of hydrogen-bond donors (Lipinski definition) is 2. The van der Waals surface area contributed by atoms with Crippen LogP contribution in [0.4, 0.5) is 10.5 Å². The Morgan fingerprint density at radius 1 is 1.25 bits per heavy atom. The fourth-order valence-corrected chi connectivity index (χ4v) is 2.43.